The van der Waals surface area contributed by atoms with Gasteiger partial charge in [-0.05, 0) is 25.1 Å². The van der Waals surface area contributed by atoms with Crippen LogP contribution in [0.25, 0.3) is 11.4 Å². The first kappa shape index (κ1) is 13.1. The second kappa shape index (κ2) is 5.12. The Hall–Kier alpha value is -2.32. The maximum Gasteiger partial charge on any atom is 0.165 e. The van der Waals surface area contributed by atoms with Gasteiger partial charge in [0.15, 0.2) is 5.82 Å². The van der Waals surface area contributed by atoms with Crippen molar-refractivity contribution >= 4 is 17.4 Å². The van der Waals surface area contributed by atoms with E-state index in [9.17, 15) is 0 Å². The van der Waals surface area contributed by atoms with Crippen LogP contribution in [0.3, 0.4) is 0 Å². The third-order valence-corrected chi connectivity index (χ3v) is 2.87. The molecular formula is C13H11ClN4O. The van der Waals surface area contributed by atoms with E-state index < -0.39 is 0 Å². The number of rotatable bonds is 2. The number of benzene rings is 1. The Balaban J connectivity index is 2.64. The van der Waals surface area contributed by atoms with Gasteiger partial charge in [0.1, 0.15) is 23.2 Å². The average Bonchev–Trinajstić information content (AvgIpc) is 2.38. The van der Waals surface area contributed by atoms with Crippen molar-refractivity contribution in [2.24, 2.45) is 0 Å². The van der Waals surface area contributed by atoms with E-state index in [1.165, 1.54) is 7.11 Å². The maximum absolute atomic E-state index is 8.95. The van der Waals surface area contributed by atoms with Gasteiger partial charge in [-0.1, -0.05) is 11.6 Å². The van der Waals surface area contributed by atoms with Crippen LogP contribution in [-0.4, -0.2) is 17.1 Å². The van der Waals surface area contributed by atoms with E-state index in [0.29, 0.717) is 27.9 Å². The number of nitrogens with zero attached hydrogens (tertiary/aromatic N) is 3. The van der Waals surface area contributed by atoms with Gasteiger partial charge in [0.25, 0.3) is 0 Å². The highest BCUT2D eigenvalue weighted by molar-refractivity contribution is 6.30. The zero-order valence-electron chi connectivity index (χ0n) is 10.4. The molecule has 19 heavy (non-hydrogen) atoms. The number of halogens is 1. The second-order valence-electron chi connectivity index (χ2n) is 3.85. The lowest BCUT2D eigenvalue weighted by atomic mass is 10.1. The Kier molecular flexibility index (Phi) is 3.54. The number of anilines is 1. The number of ether oxygens (including phenoxy) is 1. The largest absolute Gasteiger partial charge is 0.496 e. The van der Waals surface area contributed by atoms with Crippen molar-refractivity contribution in [3.8, 4) is 23.2 Å². The fraction of sp³-hybridized carbons (Fsp3) is 0.154. The molecule has 96 valence electrons. The Morgan fingerprint density at radius 3 is 2.68 bits per heavy atom. The minimum absolute atomic E-state index is 0.155. The Morgan fingerprint density at radius 1 is 1.37 bits per heavy atom. The molecule has 6 heteroatoms. The first-order valence-electron chi connectivity index (χ1n) is 5.45. The molecule has 1 aromatic heterocycles. The van der Waals surface area contributed by atoms with E-state index in [1.54, 1.807) is 25.1 Å². The molecule has 0 atom stereocenters. The van der Waals surface area contributed by atoms with Crippen molar-refractivity contribution in [1.29, 1.82) is 5.26 Å². The first-order valence-corrected chi connectivity index (χ1v) is 5.82. The summed E-state index contributed by atoms with van der Waals surface area (Å²) in [5.41, 5.74) is 7.24. The summed E-state index contributed by atoms with van der Waals surface area (Å²) in [5, 5.41) is 9.50. The highest BCUT2D eigenvalue weighted by Crippen LogP contribution is 2.31. The van der Waals surface area contributed by atoms with E-state index in [4.69, 9.17) is 27.3 Å². The number of methoxy groups -OCH3 is 1. The van der Waals surface area contributed by atoms with Crippen molar-refractivity contribution < 1.29 is 4.74 Å². The molecular weight excluding hydrogens is 264 g/mol. The minimum Gasteiger partial charge on any atom is -0.496 e. The number of hydrogen-bond donors (Lipinski definition) is 1. The number of hydrogen-bond acceptors (Lipinski definition) is 5. The molecule has 0 aliphatic heterocycles. The van der Waals surface area contributed by atoms with Crippen LogP contribution >= 0.6 is 11.6 Å². The second-order valence-corrected chi connectivity index (χ2v) is 4.29. The molecule has 0 saturated heterocycles. The minimum atomic E-state index is 0.155. The molecule has 0 fully saturated rings. The van der Waals surface area contributed by atoms with E-state index in [1.807, 2.05) is 6.07 Å². The predicted molar refractivity (Wildman–Crippen MR) is 72.9 cm³/mol. The summed E-state index contributed by atoms with van der Waals surface area (Å²) in [6.45, 7) is 1.71. The van der Waals surface area contributed by atoms with Crippen molar-refractivity contribution in [3.05, 3.63) is 34.5 Å². The molecule has 2 rings (SSSR count). The molecule has 2 aromatic rings. The molecule has 0 unspecified atom stereocenters. The van der Waals surface area contributed by atoms with Gasteiger partial charge in [-0.25, -0.2) is 9.97 Å². The Bertz CT molecular complexity index is 656. The Labute approximate surface area is 115 Å². The molecule has 0 amide bonds. The standard InChI is InChI=1S/C13H11ClN4O/c1-7-10(6-15)12(16)18-13(17-7)9-4-3-8(14)5-11(9)19-2/h3-5H,1-2H3,(H2,16,17,18). The number of nitrogen functional groups attached to an aromatic ring is 1. The van der Waals surface area contributed by atoms with Crippen molar-refractivity contribution in [3.63, 3.8) is 0 Å². The summed E-state index contributed by atoms with van der Waals surface area (Å²) in [5.74, 6) is 1.11. The zero-order chi connectivity index (χ0) is 14.0. The van der Waals surface area contributed by atoms with Crippen LogP contribution in [0.2, 0.25) is 5.02 Å². The third-order valence-electron chi connectivity index (χ3n) is 2.63. The summed E-state index contributed by atoms with van der Waals surface area (Å²) < 4.78 is 5.25. The SMILES string of the molecule is COc1cc(Cl)ccc1-c1nc(C)c(C#N)c(N)n1. The lowest BCUT2D eigenvalue weighted by Crippen LogP contribution is -2.03. The van der Waals surface area contributed by atoms with Crippen LogP contribution < -0.4 is 10.5 Å². The Morgan fingerprint density at radius 2 is 2.11 bits per heavy atom. The summed E-state index contributed by atoms with van der Waals surface area (Å²) in [6.07, 6.45) is 0. The summed E-state index contributed by atoms with van der Waals surface area (Å²) in [6, 6.07) is 7.11. The van der Waals surface area contributed by atoms with E-state index in [-0.39, 0.29) is 11.4 Å². The van der Waals surface area contributed by atoms with Gasteiger partial charge in [0.2, 0.25) is 0 Å². The van der Waals surface area contributed by atoms with Gasteiger partial charge in [-0.2, -0.15) is 5.26 Å². The van der Waals surface area contributed by atoms with E-state index in [2.05, 4.69) is 9.97 Å². The fourth-order valence-electron chi connectivity index (χ4n) is 1.70. The number of nitriles is 1. The molecule has 5 nitrogen and oxygen atoms in total. The lowest BCUT2D eigenvalue weighted by molar-refractivity contribution is 0.416. The summed E-state index contributed by atoms with van der Waals surface area (Å²) >= 11 is 5.90. The van der Waals surface area contributed by atoms with Crippen LogP contribution in [0.5, 0.6) is 5.75 Å². The van der Waals surface area contributed by atoms with Gasteiger partial charge in [-0.15, -0.1) is 0 Å². The molecule has 0 saturated carbocycles. The average molecular weight is 275 g/mol. The van der Waals surface area contributed by atoms with E-state index in [0.717, 1.165) is 0 Å². The van der Waals surface area contributed by atoms with Crippen LogP contribution in [-0.2, 0) is 0 Å². The molecule has 0 aliphatic rings. The molecule has 0 spiro atoms. The quantitative estimate of drug-likeness (QED) is 0.910. The van der Waals surface area contributed by atoms with Crippen LogP contribution in [0.1, 0.15) is 11.3 Å². The molecule has 0 bridgehead atoms. The number of aryl methyl sites for hydroxylation is 1. The molecule has 1 aromatic carbocycles. The highest BCUT2D eigenvalue weighted by atomic mass is 35.5. The van der Waals surface area contributed by atoms with Crippen molar-refractivity contribution in [2.45, 2.75) is 6.92 Å². The predicted octanol–water partition coefficient (Wildman–Crippen LogP) is 2.57. The van der Waals surface area contributed by atoms with Crippen LogP contribution in [0, 0.1) is 18.3 Å². The number of aromatic nitrogens is 2. The van der Waals surface area contributed by atoms with Gasteiger partial charge < -0.3 is 10.5 Å². The topological polar surface area (TPSA) is 84.8 Å². The molecule has 2 N–H and O–H groups in total. The van der Waals surface area contributed by atoms with E-state index >= 15 is 0 Å². The highest BCUT2D eigenvalue weighted by Gasteiger charge is 2.14. The maximum atomic E-state index is 8.95. The van der Waals surface area contributed by atoms with Gasteiger partial charge in [0.05, 0.1) is 18.4 Å². The van der Waals surface area contributed by atoms with Crippen molar-refractivity contribution in [2.75, 3.05) is 12.8 Å². The van der Waals surface area contributed by atoms with Gasteiger partial charge in [0, 0.05) is 5.02 Å². The molecule has 1 heterocycles. The zero-order valence-corrected chi connectivity index (χ0v) is 11.2. The summed E-state index contributed by atoms with van der Waals surface area (Å²) in [7, 11) is 1.54. The molecule has 0 aliphatic carbocycles. The van der Waals surface area contributed by atoms with Crippen LogP contribution in [0.4, 0.5) is 5.82 Å². The number of nitrogens with two attached hydrogens (primary N) is 1. The smallest absolute Gasteiger partial charge is 0.165 e. The summed E-state index contributed by atoms with van der Waals surface area (Å²) in [4.78, 5) is 8.41. The lowest BCUT2D eigenvalue weighted by Gasteiger charge is -2.09. The molecule has 0 radical (unpaired) electrons. The monoisotopic (exact) mass is 274 g/mol. The van der Waals surface area contributed by atoms with Gasteiger partial charge >= 0.3 is 0 Å². The normalized spacial score (nSPS) is 10.0. The first-order chi connectivity index (χ1) is 9.06. The third kappa shape index (κ3) is 2.44. The van der Waals surface area contributed by atoms with Crippen LogP contribution in [0.15, 0.2) is 18.2 Å². The van der Waals surface area contributed by atoms with Crippen molar-refractivity contribution in [1.82, 2.24) is 9.97 Å². The fourth-order valence-corrected chi connectivity index (χ4v) is 1.87. The van der Waals surface area contributed by atoms with Gasteiger partial charge in [-0.3, -0.25) is 0 Å².